The van der Waals surface area contributed by atoms with Crippen molar-refractivity contribution in [1.29, 1.82) is 0 Å². The molecule has 0 saturated heterocycles. The Morgan fingerprint density at radius 2 is 2.10 bits per heavy atom. The SMILES string of the molecule is Cc1cc(C=NCCc2c[nH]c3ccccc23)oc1C. The maximum atomic E-state index is 5.57. The minimum atomic E-state index is 0.765. The minimum absolute atomic E-state index is 0.765. The molecule has 0 saturated carbocycles. The fourth-order valence-corrected chi connectivity index (χ4v) is 2.34. The van der Waals surface area contributed by atoms with Gasteiger partial charge in [0.15, 0.2) is 0 Å². The van der Waals surface area contributed by atoms with Gasteiger partial charge in [0, 0.05) is 23.6 Å². The van der Waals surface area contributed by atoms with Crippen molar-refractivity contribution in [3.63, 3.8) is 0 Å². The lowest BCUT2D eigenvalue weighted by molar-refractivity contribution is 0.525. The van der Waals surface area contributed by atoms with E-state index in [4.69, 9.17) is 4.42 Å². The van der Waals surface area contributed by atoms with Crippen LogP contribution in [0.4, 0.5) is 0 Å². The van der Waals surface area contributed by atoms with Gasteiger partial charge in [-0.05, 0) is 43.5 Å². The quantitative estimate of drug-likeness (QED) is 0.711. The van der Waals surface area contributed by atoms with Gasteiger partial charge in [-0.25, -0.2) is 0 Å². The van der Waals surface area contributed by atoms with Crippen molar-refractivity contribution < 1.29 is 4.42 Å². The van der Waals surface area contributed by atoms with E-state index >= 15 is 0 Å². The second kappa shape index (κ2) is 5.37. The topological polar surface area (TPSA) is 41.3 Å². The first-order chi connectivity index (χ1) is 9.74. The molecule has 1 aromatic carbocycles. The van der Waals surface area contributed by atoms with E-state index in [1.165, 1.54) is 22.0 Å². The molecular formula is C17H18N2O. The molecule has 0 aliphatic rings. The number of benzene rings is 1. The van der Waals surface area contributed by atoms with Crippen molar-refractivity contribution in [2.24, 2.45) is 4.99 Å². The normalized spacial score (nSPS) is 11.7. The number of aryl methyl sites for hydroxylation is 2. The predicted molar refractivity (Wildman–Crippen MR) is 82.6 cm³/mol. The lowest BCUT2D eigenvalue weighted by Gasteiger charge is -1.95. The molecule has 3 rings (SSSR count). The van der Waals surface area contributed by atoms with Crippen molar-refractivity contribution in [3.05, 3.63) is 59.2 Å². The molecular weight excluding hydrogens is 248 g/mol. The van der Waals surface area contributed by atoms with Crippen LogP contribution in [-0.2, 0) is 6.42 Å². The van der Waals surface area contributed by atoms with Crippen LogP contribution in [0.25, 0.3) is 10.9 Å². The zero-order valence-corrected chi connectivity index (χ0v) is 11.8. The summed E-state index contributed by atoms with van der Waals surface area (Å²) in [6, 6.07) is 10.4. The average molecular weight is 266 g/mol. The zero-order chi connectivity index (χ0) is 13.9. The first-order valence-corrected chi connectivity index (χ1v) is 6.86. The van der Waals surface area contributed by atoms with Gasteiger partial charge in [0.25, 0.3) is 0 Å². The third kappa shape index (κ3) is 2.52. The van der Waals surface area contributed by atoms with E-state index in [-0.39, 0.29) is 0 Å². The number of rotatable bonds is 4. The van der Waals surface area contributed by atoms with Gasteiger partial charge in [0.2, 0.25) is 0 Å². The van der Waals surface area contributed by atoms with E-state index in [1.54, 1.807) is 0 Å². The van der Waals surface area contributed by atoms with Crippen molar-refractivity contribution >= 4 is 17.1 Å². The molecule has 1 N–H and O–H groups in total. The molecule has 3 aromatic rings. The number of hydrogen-bond donors (Lipinski definition) is 1. The lowest BCUT2D eigenvalue weighted by Crippen LogP contribution is -1.89. The molecule has 0 aliphatic carbocycles. The van der Waals surface area contributed by atoms with Crippen LogP contribution < -0.4 is 0 Å². The zero-order valence-electron chi connectivity index (χ0n) is 11.8. The van der Waals surface area contributed by atoms with E-state index in [1.807, 2.05) is 32.2 Å². The molecule has 0 spiro atoms. The summed E-state index contributed by atoms with van der Waals surface area (Å²) in [4.78, 5) is 7.73. The molecule has 2 heterocycles. The van der Waals surface area contributed by atoms with E-state index in [0.29, 0.717) is 0 Å². The molecule has 102 valence electrons. The number of aromatic nitrogens is 1. The smallest absolute Gasteiger partial charge is 0.145 e. The fraction of sp³-hybridized carbons (Fsp3) is 0.235. The van der Waals surface area contributed by atoms with E-state index in [2.05, 4.69) is 34.4 Å². The number of furan rings is 1. The van der Waals surface area contributed by atoms with Gasteiger partial charge in [-0.15, -0.1) is 0 Å². The molecule has 3 nitrogen and oxygen atoms in total. The standard InChI is InChI=1S/C17H18N2O/c1-12-9-15(20-13(12)2)11-18-8-7-14-10-19-17-6-4-3-5-16(14)17/h3-6,9-11,19H,7-8H2,1-2H3. The highest BCUT2D eigenvalue weighted by Gasteiger charge is 2.02. The van der Waals surface area contributed by atoms with Crippen LogP contribution in [0.2, 0.25) is 0 Å². The summed E-state index contributed by atoms with van der Waals surface area (Å²) in [7, 11) is 0. The van der Waals surface area contributed by atoms with Crippen LogP contribution in [0.5, 0.6) is 0 Å². The van der Waals surface area contributed by atoms with Gasteiger partial charge in [-0.3, -0.25) is 4.99 Å². The maximum absolute atomic E-state index is 5.57. The monoisotopic (exact) mass is 266 g/mol. The van der Waals surface area contributed by atoms with E-state index in [0.717, 1.165) is 24.5 Å². The molecule has 0 radical (unpaired) electrons. The molecule has 2 aromatic heterocycles. The number of fused-ring (bicyclic) bond motifs is 1. The highest BCUT2D eigenvalue weighted by Crippen LogP contribution is 2.18. The second-order valence-corrected chi connectivity index (χ2v) is 5.03. The Morgan fingerprint density at radius 1 is 1.25 bits per heavy atom. The summed E-state index contributed by atoms with van der Waals surface area (Å²) in [5.41, 5.74) is 3.66. The molecule has 20 heavy (non-hydrogen) atoms. The Bertz CT molecular complexity index is 730. The van der Waals surface area contributed by atoms with Crippen LogP contribution in [0.1, 0.15) is 22.6 Å². The number of para-hydroxylation sites is 1. The number of nitrogens with zero attached hydrogens (tertiary/aromatic N) is 1. The van der Waals surface area contributed by atoms with E-state index < -0.39 is 0 Å². The van der Waals surface area contributed by atoms with Crippen molar-refractivity contribution in [1.82, 2.24) is 4.98 Å². The summed E-state index contributed by atoms with van der Waals surface area (Å²) in [5, 5.41) is 1.28. The predicted octanol–water partition coefficient (Wildman–Crippen LogP) is 4.04. The average Bonchev–Trinajstić information content (AvgIpc) is 3.00. The summed E-state index contributed by atoms with van der Waals surface area (Å²) in [5.74, 6) is 1.79. The maximum Gasteiger partial charge on any atom is 0.145 e. The molecule has 0 atom stereocenters. The number of nitrogens with one attached hydrogen (secondary N) is 1. The van der Waals surface area contributed by atoms with Crippen LogP contribution >= 0.6 is 0 Å². The van der Waals surface area contributed by atoms with Crippen LogP contribution in [0, 0.1) is 13.8 Å². The molecule has 0 bridgehead atoms. The Hall–Kier alpha value is -2.29. The van der Waals surface area contributed by atoms with E-state index in [9.17, 15) is 0 Å². The number of aliphatic imine (C=N–C) groups is 1. The third-order valence-electron chi connectivity index (χ3n) is 3.59. The van der Waals surface area contributed by atoms with Crippen LogP contribution in [0.15, 0.2) is 45.9 Å². The number of H-pyrrole nitrogens is 1. The summed E-state index contributed by atoms with van der Waals surface area (Å²) < 4.78 is 5.57. The van der Waals surface area contributed by atoms with Crippen molar-refractivity contribution in [3.8, 4) is 0 Å². The number of aromatic amines is 1. The van der Waals surface area contributed by atoms with Crippen molar-refractivity contribution in [2.45, 2.75) is 20.3 Å². The Kier molecular flexibility index (Phi) is 3.42. The Balaban J connectivity index is 1.65. The molecule has 3 heteroatoms. The number of hydrogen-bond acceptors (Lipinski definition) is 2. The Morgan fingerprint density at radius 3 is 2.90 bits per heavy atom. The Labute approximate surface area is 118 Å². The fourth-order valence-electron chi connectivity index (χ4n) is 2.34. The second-order valence-electron chi connectivity index (χ2n) is 5.03. The van der Waals surface area contributed by atoms with Gasteiger partial charge >= 0.3 is 0 Å². The van der Waals surface area contributed by atoms with Crippen molar-refractivity contribution in [2.75, 3.05) is 6.54 Å². The summed E-state index contributed by atoms with van der Waals surface area (Å²) in [6.45, 7) is 4.78. The minimum Gasteiger partial charge on any atom is -0.460 e. The highest BCUT2D eigenvalue weighted by molar-refractivity contribution is 5.83. The summed E-state index contributed by atoms with van der Waals surface area (Å²) >= 11 is 0. The summed E-state index contributed by atoms with van der Waals surface area (Å²) in [6.07, 6.45) is 4.81. The van der Waals surface area contributed by atoms with Gasteiger partial charge in [-0.2, -0.15) is 0 Å². The molecule has 0 unspecified atom stereocenters. The van der Waals surface area contributed by atoms with Crippen LogP contribution in [-0.4, -0.2) is 17.7 Å². The lowest BCUT2D eigenvalue weighted by atomic mass is 10.1. The first-order valence-electron chi connectivity index (χ1n) is 6.86. The molecule has 0 fully saturated rings. The van der Waals surface area contributed by atoms with Gasteiger partial charge in [0.1, 0.15) is 11.5 Å². The van der Waals surface area contributed by atoms with Gasteiger partial charge in [0.05, 0.1) is 6.21 Å². The largest absolute Gasteiger partial charge is 0.460 e. The van der Waals surface area contributed by atoms with Gasteiger partial charge in [-0.1, -0.05) is 18.2 Å². The molecule has 0 amide bonds. The third-order valence-corrected chi connectivity index (χ3v) is 3.59. The molecule has 0 aliphatic heterocycles. The van der Waals surface area contributed by atoms with Crippen LogP contribution in [0.3, 0.4) is 0 Å². The first kappa shape index (κ1) is 12.7. The van der Waals surface area contributed by atoms with Gasteiger partial charge < -0.3 is 9.40 Å². The highest BCUT2D eigenvalue weighted by atomic mass is 16.3.